The summed E-state index contributed by atoms with van der Waals surface area (Å²) < 4.78 is 16.0. The van der Waals surface area contributed by atoms with E-state index in [0.29, 0.717) is 36.8 Å². The summed E-state index contributed by atoms with van der Waals surface area (Å²) in [6.45, 7) is 8.63. The van der Waals surface area contributed by atoms with Gasteiger partial charge in [-0.05, 0) is 93.5 Å². The van der Waals surface area contributed by atoms with Gasteiger partial charge in [-0.2, -0.15) is 0 Å². The Morgan fingerprint density at radius 1 is 0.671 bits per heavy atom. The Labute approximate surface area is 475 Å². The highest BCUT2D eigenvalue weighted by Gasteiger charge is 2.41. The zero-order valence-corrected chi connectivity index (χ0v) is 47.7. The van der Waals surface area contributed by atoms with Crippen LogP contribution >= 0.6 is 7.82 Å². The number of phosphoric acid groups is 1. The van der Waals surface area contributed by atoms with Crippen LogP contribution in [0, 0.1) is 11.8 Å². The molecule has 28 nitrogen and oxygen atoms in total. The number of nitrogens with two attached hydrogens (primary N) is 4. The molecule has 18 N–H and O–H groups in total. The Bertz CT molecular complexity index is 2590. The molecule has 1 fully saturated rings. The molecule has 0 radical (unpaired) electrons. The number of carbonyl (C=O) groups is 11. The zero-order valence-electron chi connectivity index (χ0n) is 46.8. The molecule has 10 amide bonds. The maximum atomic E-state index is 14.6. The molecule has 10 atom stereocenters. The molecule has 454 valence electrons. The molecule has 0 bridgehead atoms. The number of carbonyl (C=O) groups excluding carboxylic acids is 10. The lowest BCUT2D eigenvalue weighted by atomic mass is 9.97. The van der Waals surface area contributed by atoms with Gasteiger partial charge in [-0.25, -0.2) is 4.57 Å². The molecule has 2 aromatic rings. The van der Waals surface area contributed by atoms with Gasteiger partial charge < -0.3 is 74.7 Å². The number of aliphatic carboxylic acids is 1. The van der Waals surface area contributed by atoms with Crippen LogP contribution in [0.2, 0.25) is 0 Å². The van der Waals surface area contributed by atoms with E-state index in [4.69, 9.17) is 22.9 Å². The first-order chi connectivity index (χ1) is 38.5. The molecule has 29 heteroatoms. The number of nitrogens with zero attached hydrogens (tertiary/aromatic N) is 1. The van der Waals surface area contributed by atoms with Crippen LogP contribution in [0.5, 0.6) is 5.75 Å². The van der Waals surface area contributed by atoms with Crippen molar-refractivity contribution in [1.29, 1.82) is 0 Å². The lowest BCUT2D eigenvalue weighted by Gasteiger charge is -2.31. The van der Waals surface area contributed by atoms with E-state index in [1.807, 2.05) is 0 Å². The second-order valence-electron chi connectivity index (χ2n) is 20.8. The largest absolute Gasteiger partial charge is 0.524 e. The summed E-state index contributed by atoms with van der Waals surface area (Å²) in [5.74, 6) is -11.1. The zero-order chi connectivity index (χ0) is 61.4. The Morgan fingerprint density at radius 3 is 1.73 bits per heavy atom. The van der Waals surface area contributed by atoms with E-state index in [1.54, 1.807) is 58.0 Å². The fourth-order valence-electron chi connectivity index (χ4n) is 8.87. The second kappa shape index (κ2) is 33.4. The number of likely N-dealkylation sites (tertiary alicyclic amines) is 1. The highest BCUT2D eigenvalue weighted by molar-refractivity contribution is 7.46. The third-order valence-corrected chi connectivity index (χ3v) is 13.9. The molecular formula is C53H81N12O16P. The van der Waals surface area contributed by atoms with E-state index in [-0.39, 0.29) is 62.8 Å². The van der Waals surface area contributed by atoms with Crippen molar-refractivity contribution in [3.8, 4) is 5.75 Å². The van der Waals surface area contributed by atoms with Crippen molar-refractivity contribution in [3.63, 3.8) is 0 Å². The first-order valence-electron chi connectivity index (χ1n) is 27.1. The Morgan fingerprint density at radius 2 is 1.20 bits per heavy atom. The first-order valence-corrected chi connectivity index (χ1v) is 28.6. The average molecular weight is 1170 g/mol. The predicted octanol–water partition coefficient (Wildman–Crippen LogP) is -1.88. The molecule has 0 aromatic heterocycles. The van der Waals surface area contributed by atoms with Crippen LogP contribution < -0.4 is 64.7 Å². The highest BCUT2D eigenvalue weighted by atomic mass is 31.2. The van der Waals surface area contributed by atoms with Gasteiger partial charge in [0.1, 0.15) is 54.1 Å². The number of nitrogens with one attached hydrogen (secondary N) is 7. The summed E-state index contributed by atoms with van der Waals surface area (Å²) in [5.41, 5.74) is 23.5. The van der Waals surface area contributed by atoms with Crippen LogP contribution in [-0.2, 0) is 70.1 Å². The van der Waals surface area contributed by atoms with Crippen molar-refractivity contribution in [2.24, 2.45) is 34.8 Å². The Balaban J connectivity index is 1.94. The average Bonchev–Trinajstić information content (AvgIpc) is 3.97. The van der Waals surface area contributed by atoms with Gasteiger partial charge >= 0.3 is 13.8 Å². The molecule has 0 unspecified atom stereocenters. The maximum Gasteiger partial charge on any atom is 0.524 e. The molecule has 2 aromatic carbocycles. The molecule has 3 rings (SSSR count). The first kappa shape index (κ1) is 68.8. The predicted molar refractivity (Wildman–Crippen MR) is 297 cm³/mol. The molecule has 1 saturated heterocycles. The second-order valence-corrected chi connectivity index (χ2v) is 21.9. The van der Waals surface area contributed by atoms with Gasteiger partial charge in [0.15, 0.2) is 0 Å². The minimum atomic E-state index is -4.89. The van der Waals surface area contributed by atoms with Gasteiger partial charge in [0, 0.05) is 25.8 Å². The molecule has 1 aliphatic rings. The fourth-order valence-corrected chi connectivity index (χ4v) is 9.26. The summed E-state index contributed by atoms with van der Waals surface area (Å²) in [6.07, 6.45) is -0.621. The number of hydrogen-bond acceptors (Lipinski definition) is 15. The van der Waals surface area contributed by atoms with Crippen molar-refractivity contribution in [1.82, 2.24) is 42.1 Å². The number of rotatable bonds is 35. The van der Waals surface area contributed by atoms with Crippen molar-refractivity contribution in [3.05, 3.63) is 65.7 Å². The summed E-state index contributed by atoms with van der Waals surface area (Å²) in [6, 6.07) is 1.32. The Kier molecular flexibility index (Phi) is 28.0. The van der Waals surface area contributed by atoms with Crippen LogP contribution in [0.25, 0.3) is 0 Å². The van der Waals surface area contributed by atoms with Crippen molar-refractivity contribution in [2.45, 2.75) is 166 Å². The fraction of sp³-hybridized carbons (Fsp3) is 0.566. The lowest BCUT2D eigenvalue weighted by molar-refractivity contribution is -0.143. The molecule has 0 spiro atoms. The van der Waals surface area contributed by atoms with E-state index in [0.717, 1.165) is 0 Å². The maximum absolute atomic E-state index is 14.6. The molecule has 82 heavy (non-hydrogen) atoms. The molecule has 1 heterocycles. The van der Waals surface area contributed by atoms with Crippen LogP contribution in [0.15, 0.2) is 54.6 Å². The number of carboxylic acids is 1. The van der Waals surface area contributed by atoms with Gasteiger partial charge in [0.2, 0.25) is 59.1 Å². The van der Waals surface area contributed by atoms with E-state index in [1.165, 1.54) is 36.1 Å². The smallest absolute Gasteiger partial charge is 0.481 e. The van der Waals surface area contributed by atoms with Crippen molar-refractivity contribution >= 4 is 72.9 Å². The number of primary amides is 2. The van der Waals surface area contributed by atoms with Gasteiger partial charge in [-0.1, -0.05) is 76.6 Å². The van der Waals surface area contributed by atoms with E-state index in [2.05, 4.69) is 41.7 Å². The van der Waals surface area contributed by atoms with Gasteiger partial charge in [-0.3, -0.25) is 62.5 Å². The van der Waals surface area contributed by atoms with Crippen LogP contribution in [0.3, 0.4) is 0 Å². The van der Waals surface area contributed by atoms with Crippen molar-refractivity contribution < 1.29 is 76.7 Å². The quantitative estimate of drug-likeness (QED) is 0.0265. The van der Waals surface area contributed by atoms with Crippen LogP contribution in [-0.4, -0.2) is 152 Å². The third kappa shape index (κ3) is 23.5. The van der Waals surface area contributed by atoms with Crippen LogP contribution in [0.4, 0.5) is 0 Å². The number of carboxylic acid groups (broad SMARTS) is 1. The molecule has 1 aliphatic heterocycles. The number of phosphoric ester groups is 1. The standard InChI is InChI=1S/C53H81N12O16P/c1-6-30(4)44(45(57)69)64-51(75)37(25-29(2)3)61-50(74)40(28-43(67)68)62-47(71)35(21-22-42(56)66)58-48(72)39(26-32-13-8-7-9-14-32)63-52(76)41-16-12-24-65(41)53(77)36(15-10-11-23-54)59-49(73)38(60-46(70)31(5)55)27-33-17-19-34(20-18-33)81-82(78,79)80/h7-9,13-14,17-20,29-31,35-41,44H,6,10-12,15-16,21-28,54-55H2,1-5H3,(H2,56,66)(H2,57,69)(H,58,72)(H,59,73)(H,60,70)(H,61,74)(H,62,71)(H,63,76)(H,64,75)(H,67,68)(H2,78,79,80)/t30-,31-,35-,36-,37-,38-,39-,40-,41-,44-/m0/s1. The number of unbranched alkanes of at least 4 members (excludes halogenated alkanes) is 1. The van der Waals surface area contributed by atoms with Crippen LogP contribution in [0.1, 0.15) is 110 Å². The lowest BCUT2D eigenvalue weighted by Crippen LogP contribution is -2.61. The van der Waals surface area contributed by atoms with Gasteiger partial charge in [0.25, 0.3) is 0 Å². The topological polar surface area (TPSA) is 466 Å². The summed E-state index contributed by atoms with van der Waals surface area (Å²) in [5, 5.41) is 27.7. The summed E-state index contributed by atoms with van der Waals surface area (Å²) in [4.78, 5) is 168. The number of amides is 10. The number of benzene rings is 2. The highest BCUT2D eigenvalue weighted by Crippen LogP contribution is 2.37. The van der Waals surface area contributed by atoms with Gasteiger partial charge in [0.05, 0.1) is 12.5 Å². The third-order valence-electron chi connectivity index (χ3n) is 13.4. The monoisotopic (exact) mass is 1170 g/mol. The van der Waals surface area contributed by atoms with E-state index in [9.17, 15) is 72.2 Å². The van der Waals surface area contributed by atoms with E-state index >= 15 is 0 Å². The molecule has 0 aliphatic carbocycles. The summed E-state index contributed by atoms with van der Waals surface area (Å²) >= 11 is 0. The number of hydrogen-bond donors (Lipinski definition) is 14. The summed E-state index contributed by atoms with van der Waals surface area (Å²) in [7, 11) is -4.89. The van der Waals surface area contributed by atoms with Crippen molar-refractivity contribution in [2.75, 3.05) is 13.1 Å². The Hall–Kier alpha value is -7.52. The minimum Gasteiger partial charge on any atom is -0.481 e. The van der Waals surface area contributed by atoms with E-state index < -0.39 is 147 Å². The molecular weight excluding hydrogens is 1090 g/mol. The van der Waals surface area contributed by atoms with Gasteiger partial charge in [-0.15, -0.1) is 0 Å². The SMILES string of the molecule is CC[C@H](C)[C@H](NC(=O)[C@H](CC(C)C)NC(=O)[C@H](CC(=O)O)NC(=O)[C@H](CCC(N)=O)NC(=O)[C@H](Cc1ccccc1)NC(=O)[C@@H]1CCCN1C(=O)[C@H](CCCCN)NC(=O)[C@H](Cc1ccc(OP(=O)(O)O)cc1)NC(=O)[C@H](C)N)C(N)=O. The minimum absolute atomic E-state index is 0.0151. The normalized spacial score (nSPS) is 16.5. The molecule has 0 saturated carbocycles.